The Morgan fingerprint density at radius 2 is 2.25 bits per heavy atom. The van der Waals surface area contributed by atoms with Crippen molar-refractivity contribution in [2.75, 3.05) is 12.4 Å². The summed E-state index contributed by atoms with van der Waals surface area (Å²) in [6.45, 7) is 2.06. The fourth-order valence-corrected chi connectivity index (χ4v) is 1.36. The van der Waals surface area contributed by atoms with E-state index in [1.807, 2.05) is 29.9 Å². The summed E-state index contributed by atoms with van der Waals surface area (Å²) in [4.78, 5) is 0. The molecule has 3 nitrogen and oxygen atoms in total. The average Bonchev–Trinajstić information content (AvgIpc) is 2.44. The molecule has 62 valence electrons. The van der Waals surface area contributed by atoms with Crippen molar-refractivity contribution < 1.29 is 0 Å². The van der Waals surface area contributed by atoms with Gasteiger partial charge in [0, 0.05) is 18.8 Å². The molecule has 0 bridgehead atoms. The molecule has 1 N–H and O–H groups in total. The van der Waals surface area contributed by atoms with E-state index in [0.717, 1.165) is 11.3 Å². The van der Waals surface area contributed by atoms with Gasteiger partial charge in [-0.1, -0.05) is 6.07 Å². The zero-order valence-electron chi connectivity index (χ0n) is 7.20. The molecule has 2 aromatic rings. The molecule has 0 aliphatic carbocycles. The maximum atomic E-state index is 4.34. The number of hydrogen-bond donors (Lipinski definition) is 1. The first-order valence-corrected chi connectivity index (χ1v) is 3.94. The summed E-state index contributed by atoms with van der Waals surface area (Å²) < 4.78 is 1.88. The first-order chi connectivity index (χ1) is 5.83. The molecule has 0 aliphatic heterocycles. The van der Waals surface area contributed by atoms with Gasteiger partial charge in [-0.2, -0.15) is 5.10 Å². The third-order valence-electron chi connectivity index (χ3n) is 2.02. The standard InChI is InChI=1S/C9H11N3/c1-7-8-5-3-4-6-12(8)11-9(7)10-2/h3-6H,1-2H3,(H,10,11). The van der Waals surface area contributed by atoms with Crippen LogP contribution in [-0.4, -0.2) is 16.7 Å². The van der Waals surface area contributed by atoms with Crippen LogP contribution in [0.1, 0.15) is 5.56 Å². The number of fused-ring (bicyclic) bond motifs is 1. The van der Waals surface area contributed by atoms with E-state index in [1.54, 1.807) is 0 Å². The van der Waals surface area contributed by atoms with Gasteiger partial charge in [-0.25, -0.2) is 4.52 Å². The highest BCUT2D eigenvalue weighted by atomic mass is 15.3. The van der Waals surface area contributed by atoms with Crippen molar-refractivity contribution in [2.24, 2.45) is 0 Å². The highest BCUT2D eigenvalue weighted by molar-refractivity contribution is 5.64. The number of hydrogen-bond acceptors (Lipinski definition) is 2. The predicted octanol–water partition coefficient (Wildman–Crippen LogP) is 1.68. The van der Waals surface area contributed by atoms with Crippen LogP contribution in [0.3, 0.4) is 0 Å². The van der Waals surface area contributed by atoms with Crippen molar-refractivity contribution in [1.82, 2.24) is 9.61 Å². The number of nitrogens with zero attached hydrogens (tertiary/aromatic N) is 2. The van der Waals surface area contributed by atoms with Crippen LogP contribution in [0.25, 0.3) is 5.52 Å². The molecule has 2 heterocycles. The Labute approximate surface area is 71.0 Å². The summed E-state index contributed by atoms with van der Waals surface area (Å²) in [5.41, 5.74) is 2.35. The van der Waals surface area contributed by atoms with Gasteiger partial charge in [-0.15, -0.1) is 0 Å². The van der Waals surface area contributed by atoms with Crippen LogP contribution in [0.4, 0.5) is 5.82 Å². The van der Waals surface area contributed by atoms with Crippen LogP contribution in [0, 0.1) is 6.92 Å². The first kappa shape index (κ1) is 7.16. The smallest absolute Gasteiger partial charge is 0.151 e. The van der Waals surface area contributed by atoms with Crippen molar-refractivity contribution in [3.05, 3.63) is 30.0 Å². The number of aryl methyl sites for hydroxylation is 1. The number of nitrogens with one attached hydrogen (secondary N) is 1. The van der Waals surface area contributed by atoms with E-state index in [-0.39, 0.29) is 0 Å². The summed E-state index contributed by atoms with van der Waals surface area (Å²) in [7, 11) is 1.88. The maximum Gasteiger partial charge on any atom is 0.151 e. The third kappa shape index (κ3) is 0.863. The fourth-order valence-electron chi connectivity index (χ4n) is 1.36. The van der Waals surface area contributed by atoms with E-state index < -0.39 is 0 Å². The molecule has 0 aromatic carbocycles. The molecule has 0 unspecified atom stereocenters. The number of rotatable bonds is 1. The number of aromatic nitrogens is 2. The highest BCUT2D eigenvalue weighted by Crippen LogP contribution is 2.17. The average molecular weight is 161 g/mol. The lowest BCUT2D eigenvalue weighted by Gasteiger charge is -1.91. The van der Waals surface area contributed by atoms with Gasteiger partial charge in [-0.3, -0.25) is 0 Å². The van der Waals surface area contributed by atoms with E-state index >= 15 is 0 Å². The first-order valence-electron chi connectivity index (χ1n) is 3.94. The van der Waals surface area contributed by atoms with E-state index in [1.165, 1.54) is 5.56 Å². The minimum Gasteiger partial charge on any atom is -0.371 e. The Kier molecular flexibility index (Phi) is 1.50. The van der Waals surface area contributed by atoms with Gasteiger partial charge < -0.3 is 5.32 Å². The number of anilines is 1. The lowest BCUT2D eigenvalue weighted by molar-refractivity contribution is 0.963. The Morgan fingerprint density at radius 1 is 1.42 bits per heavy atom. The van der Waals surface area contributed by atoms with Gasteiger partial charge in [0.1, 0.15) is 0 Å². The van der Waals surface area contributed by atoms with E-state index in [2.05, 4.69) is 23.4 Å². The van der Waals surface area contributed by atoms with Gasteiger partial charge in [-0.05, 0) is 19.1 Å². The minimum absolute atomic E-state index is 0.946. The second-order valence-corrected chi connectivity index (χ2v) is 2.75. The Morgan fingerprint density at radius 3 is 2.92 bits per heavy atom. The van der Waals surface area contributed by atoms with Gasteiger partial charge >= 0.3 is 0 Å². The molecule has 0 amide bonds. The molecule has 0 atom stereocenters. The molecular weight excluding hydrogens is 150 g/mol. The zero-order valence-corrected chi connectivity index (χ0v) is 7.20. The second kappa shape index (κ2) is 2.52. The van der Waals surface area contributed by atoms with Gasteiger partial charge in [0.05, 0.1) is 5.52 Å². The molecule has 0 spiro atoms. The molecule has 12 heavy (non-hydrogen) atoms. The van der Waals surface area contributed by atoms with E-state index in [0.29, 0.717) is 0 Å². The topological polar surface area (TPSA) is 29.3 Å². The van der Waals surface area contributed by atoms with Crippen LogP contribution in [-0.2, 0) is 0 Å². The molecule has 2 aromatic heterocycles. The van der Waals surface area contributed by atoms with Gasteiger partial charge in [0.2, 0.25) is 0 Å². The maximum absolute atomic E-state index is 4.34. The normalized spacial score (nSPS) is 10.5. The van der Waals surface area contributed by atoms with Crippen molar-refractivity contribution in [2.45, 2.75) is 6.92 Å². The molecule has 3 heteroatoms. The van der Waals surface area contributed by atoms with Gasteiger partial charge in [0.15, 0.2) is 5.82 Å². The van der Waals surface area contributed by atoms with Crippen LogP contribution in [0.15, 0.2) is 24.4 Å². The third-order valence-corrected chi connectivity index (χ3v) is 2.02. The van der Waals surface area contributed by atoms with Crippen molar-refractivity contribution >= 4 is 11.3 Å². The SMILES string of the molecule is CNc1nn2ccccc2c1C. The van der Waals surface area contributed by atoms with E-state index in [9.17, 15) is 0 Å². The molecule has 0 aliphatic rings. The van der Waals surface area contributed by atoms with Crippen LogP contribution < -0.4 is 5.32 Å². The Balaban J connectivity index is 2.78. The quantitative estimate of drug-likeness (QED) is 0.689. The largest absolute Gasteiger partial charge is 0.371 e. The van der Waals surface area contributed by atoms with Crippen molar-refractivity contribution in [1.29, 1.82) is 0 Å². The van der Waals surface area contributed by atoms with Crippen molar-refractivity contribution in [3.8, 4) is 0 Å². The Hall–Kier alpha value is -1.51. The Bertz CT molecular complexity index is 403. The molecule has 0 saturated carbocycles. The van der Waals surface area contributed by atoms with Crippen LogP contribution in [0.2, 0.25) is 0 Å². The summed E-state index contributed by atoms with van der Waals surface area (Å²) in [5, 5.41) is 7.39. The van der Waals surface area contributed by atoms with Crippen LogP contribution in [0.5, 0.6) is 0 Å². The molecule has 0 fully saturated rings. The van der Waals surface area contributed by atoms with Crippen LogP contribution >= 0.6 is 0 Å². The van der Waals surface area contributed by atoms with Crippen molar-refractivity contribution in [3.63, 3.8) is 0 Å². The van der Waals surface area contributed by atoms with E-state index in [4.69, 9.17) is 0 Å². The molecular formula is C9H11N3. The summed E-state index contributed by atoms with van der Waals surface area (Å²) in [6.07, 6.45) is 1.95. The number of pyridine rings is 1. The summed E-state index contributed by atoms with van der Waals surface area (Å²) >= 11 is 0. The molecule has 0 radical (unpaired) electrons. The molecule has 2 rings (SSSR count). The summed E-state index contributed by atoms with van der Waals surface area (Å²) in [5.74, 6) is 0.946. The zero-order chi connectivity index (χ0) is 8.55. The highest BCUT2D eigenvalue weighted by Gasteiger charge is 2.04. The summed E-state index contributed by atoms with van der Waals surface area (Å²) in [6, 6.07) is 6.05. The monoisotopic (exact) mass is 161 g/mol. The molecule has 0 saturated heterocycles. The lowest BCUT2D eigenvalue weighted by atomic mass is 10.3. The van der Waals surface area contributed by atoms with Gasteiger partial charge in [0.25, 0.3) is 0 Å². The second-order valence-electron chi connectivity index (χ2n) is 2.75. The minimum atomic E-state index is 0.946. The predicted molar refractivity (Wildman–Crippen MR) is 49.5 cm³/mol. The fraction of sp³-hybridized carbons (Fsp3) is 0.222. The lowest BCUT2D eigenvalue weighted by Crippen LogP contribution is -1.90.